The zero-order valence-electron chi connectivity index (χ0n) is 17.3. The zero-order valence-corrected chi connectivity index (χ0v) is 17.3. The van der Waals surface area contributed by atoms with Crippen LogP contribution in [0.4, 0.5) is 11.4 Å². The van der Waals surface area contributed by atoms with Gasteiger partial charge in [-0.1, -0.05) is 47.5 Å². The number of aryl methyl sites for hydroxylation is 2. The third-order valence-electron chi connectivity index (χ3n) is 4.77. The molecule has 0 radical (unpaired) electrons. The van der Waals surface area contributed by atoms with Crippen molar-refractivity contribution in [2.45, 2.75) is 13.8 Å². The maximum absolute atomic E-state index is 12.9. The number of furan rings is 1. The highest BCUT2D eigenvalue weighted by atomic mass is 16.5. The lowest BCUT2D eigenvalue weighted by molar-refractivity contribution is -0.118. The van der Waals surface area contributed by atoms with Gasteiger partial charge in [0.25, 0.3) is 11.8 Å². The van der Waals surface area contributed by atoms with Crippen molar-refractivity contribution in [1.29, 1.82) is 0 Å². The molecule has 0 spiro atoms. The maximum Gasteiger partial charge on any atom is 0.293 e. The van der Waals surface area contributed by atoms with Crippen molar-refractivity contribution in [3.05, 3.63) is 89.7 Å². The minimum absolute atomic E-state index is 0.0328. The molecule has 0 fully saturated rings. The zero-order chi connectivity index (χ0) is 21.8. The summed E-state index contributed by atoms with van der Waals surface area (Å²) >= 11 is 0. The van der Waals surface area contributed by atoms with Crippen LogP contribution in [0.25, 0.3) is 11.0 Å². The predicted octanol–water partition coefficient (Wildman–Crippen LogP) is 5.32. The van der Waals surface area contributed by atoms with Crippen molar-refractivity contribution in [3.8, 4) is 5.75 Å². The van der Waals surface area contributed by atoms with E-state index in [-0.39, 0.29) is 12.4 Å². The number of para-hydroxylation sites is 1. The second kappa shape index (κ2) is 8.75. The number of rotatable bonds is 6. The molecule has 0 unspecified atom stereocenters. The molecule has 2 amide bonds. The quantitative estimate of drug-likeness (QED) is 0.447. The van der Waals surface area contributed by atoms with Crippen molar-refractivity contribution in [2.24, 2.45) is 0 Å². The van der Waals surface area contributed by atoms with E-state index < -0.39 is 11.8 Å². The number of nitrogens with one attached hydrogen (secondary N) is 2. The number of amides is 2. The topological polar surface area (TPSA) is 80.6 Å². The number of hydrogen-bond donors (Lipinski definition) is 2. The van der Waals surface area contributed by atoms with Crippen LogP contribution in [0, 0.1) is 13.8 Å². The summed E-state index contributed by atoms with van der Waals surface area (Å²) in [4.78, 5) is 25.5. The van der Waals surface area contributed by atoms with Gasteiger partial charge in [-0.3, -0.25) is 9.59 Å². The van der Waals surface area contributed by atoms with E-state index in [1.807, 2.05) is 56.3 Å². The summed E-state index contributed by atoms with van der Waals surface area (Å²) in [6, 6.07) is 22.0. The van der Waals surface area contributed by atoms with Crippen LogP contribution in [0.1, 0.15) is 21.7 Å². The number of hydrogen-bond acceptors (Lipinski definition) is 4. The Morgan fingerprint density at radius 1 is 0.839 bits per heavy atom. The van der Waals surface area contributed by atoms with E-state index in [4.69, 9.17) is 9.15 Å². The summed E-state index contributed by atoms with van der Waals surface area (Å²) in [7, 11) is 0. The van der Waals surface area contributed by atoms with Gasteiger partial charge < -0.3 is 19.8 Å². The van der Waals surface area contributed by atoms with Crippen molar-refractivity contribution in [1.82, 2.24) is 0 Å². The van der Waals surface area contributed by atoms with Gasteiger partial charge in [0.15, 0.2) is 6.61 Å². The maximum atomic E-state index is 12.9. The number of carbonyl (C=O) groups is 2. The molecule has 0 saturated heterocycles. The summed E-state index contributed by atoms with van der Waals surface area (Å²) in [5.74, 6) is -0.216. The third kappa shape index (κ3) is 4.75. The minimum Gasteiger partial charge on any atom is -0.484 e. The van der Waals surface area contributed by atoms with Crippen molar-refractivity contribution >= 4 is 34.2 Å². The molecule has 0 atom stereocenters. The Bertz CT molecular complexity index is 1220. The van der Waals surface area contributed by atoms with Gasteiger partial charge in [-0.05, 0) is 50.2 Å². The lowest BCUT2D eigenvalue weighted by Crippen LogP contribution is -2.22. The first-order valence-corrected chi connectivity index (χ1v) is 9.88. The summed E-state index contributed by atoms with van der Waals surface area (Å²) in [6.07, 6.45) is 0. The molecule has 156 valence electrons. The number of fused-ring (bicyclic) bond motifs is 1. The Morgan fingerprint density at radius 2 is 1.48 bits per heavy atom. The molecule has 3 aromatic carbocycles. The highest BCUT2D eigenvalue weighted by molar-refractivity contribution is 6.14. The second-order valence-electron chi connectivity index (χ2n) is 7.27. The SMILES string of the molecule is Cc1ccc(NC(=O)c2oc3ccccc3c2NC(=O)COc2ccc(C)cc2)cc1. The highest BCUT2D eigenvalue weighted by Gasteiger charge is 2.22. The normalized spacial score (nSPS) is 10.6. The minimum atomic E-state index is -0.449. The molecule has 0 bridgehead atoms. The first-order valence-electron chi connectivity index (χ1n) is 9.88. The van der Waals surface area contributed by atoms with E-state index in [0.29, 0.717) is 28.1 Å². The molecule has 6 heteroatoms. The fourth-order valence-electron chi connectivity index (χ4n) is 3.11. The predicted molar refractivity (Wildman–Crippen MR) is 121 cm³/mol. The largest absolute Gasteiger partial charge is 0.484 e. The Kier molecular flexibility index (Phi) is 5.71. The van der Waals surface area contributed by atoms with Gasteiger partial charge in [0.2, 0.25) is 5.76 Å². The monoisotopic (exact) mass is 414 g/mol. The third-order valence-corrected chi connectivity index (χ3v) is 4.77. The van der Waals surface area contributed by atoms with Gasteiger partial charge in [-0.25, -0.2) is 0 Å². The molecule has 4 rings (SSSR count). The van der Waals surface area contributed by atoms with Gasteiger partial charge in [0.1, 0.15) is 17.0 Å². The van der Waals surface area contributed by atoms with Crippen LogP contribution >= 0.6 is 0 Å². The van der Waals surface area contributed by atoms with Gasteiger partial charge >= 0.3 is 0 Å². The van der Waals surface area contributed by atoms with E-state index in [2.05, 4.69) is 10.6 Å². The number of carbonyl (C=O) groups excluding carboxylic acids is 2. The first-order chi connectivity index (χ1) is 15.0. The van der Waals surface area contributed by atoms with E-state index in [0.717, 1.165) is 11.1 Å². The summed E-state index contributed by atoms with van der Waals surface area (Å²) < 4.78 is 11.3. The lowest BCUT2D eigenvalue weighted by Gasteiger charge is -2.09. The van der Waals surface area contributed by atoms with Crippen LogP contribution in [-0.2, 0) is 4.79 Å². The van der Waals surface area contributed by atoms with Gasteiger partial charge in [0, 0.05) is 11.1 Å². The molecule has 6 nitrogen and oxygen atoms in total. The molecule has 0 aliphatic heterocycles. The Morgan fingerprint density at radius 3 is 2.19 bits per heavy atom. The van der Waals surface area contributed by atoms with Crippen molar-refractivity contribution in [2.75, 3.05) is 17.2 Å². The van der Waals surface area contributed by atoms with Crippen LogP contribution < -0.4 is 15.4 Å². The van der Waals surface area contributed by atoms with Crippen LogP contribution in [0.3, 0.4) is 0 Å². The summed E-state index contributed by atoms with van der Waals surface area (Å²) in [5, 5.41) is 6.22. The van der Waals surface area contributed by atoms with E-state index >= 15 is 0 Å². The molecule has 0 aliphatic rings. The van der Waals surface area contributed by atoms with E-state index in [1.165, 1.54) is 0 Å². The first kappa shape index (κ1) is 20.2. The standard InChI is InChI=1S/C25H22N2O4/c1-16-7-11-18(12-8-16)26-25(29)24-23(20-5-3-4-6-21(20)31-24)27-22(28)15-30-19-13-9-17(2)10-14-19/h3-14H,15H2,1-2H3,(H,26,29)(H,27,28). The number of anilines is 2. The smallest absolute Gasteiger partial charge is 0.293 e. The average molecular weight is 414 g/mol. The fraction of sp³-hybridized carbons (Fsp3) is 0.120. The molecule has 0 aliphatic carbocycles. The fourth-order valence-corrected chi connectivity index (χ4v) is 3.11. The molecule has 1 aromatic heterocycles. The summed E-state index contributed by atoms with van der Waals surface area (Å²) in [5.41, 5.74) is 3.65. The average Bonchev–Trinajstić information content (AvgIpc) is 3.13. The van der Waals surface area contributed by atoms with Crippen LogP contribution in [-0.4, -0.2) is 18.4 Å². The molecule has 31 heavy (non-hydrogen) atoms. The van der Waals surface area contributed by atoms with Crippen molar-refractivity contribution in [3.63, 3.8) is 0 Å². The van der Waals surface area contributed by atoms with E-state index in [9.17, 15) is 9.59 Å². The van der Waals surface area contributed by atoms with Crippen molar-refractivity contribution < 1.29 is 18.7 Å². The molecular formula is C25H22N2O4. The molecule has 2 N–H and O–H groups in total. The van der Waals surface area contributed by atoms with Gasteiger partial charge in [-0.15, -0.1) is 0 Å². The molecular weight excluding hydrogens is 392 g/mol. The van der Waals surface area contributed by atoms with Crippen LogP contribution in [0.2, 0.25) is 0 Å². The molecule has 0 saturated carbocycles. The van der Waals surface area contributed by atoms with Gasteiger partial charge in [-0.2, -0.15) is 0 Å². The summed E-state index contributed by atoms with van der Waals surface area (Å²) in [6.45, 7) is 3.75. The van der Waals surface area contributed by atoms with Crippen LogP contribution in [0.15, 0.2) is 77.2 Å². The Balaban J connectivity index is 1.54. The molecule has 1 heterocycles. The molecule has 4 aromatic rings. The number of ether oxygens (including phenoxy) is 1. The lowest BCUT2D eigenvalue weighted by atomic mass is 10.2. The van der Waals surface area contributed by atoms with Gasteiger partial charge in [0.05, 0.1) is 0 Å². The number of benzene rings is 3. The van der Waals surface area contributed by atoms with E-state index in [1.54, 1.807) is 30.3 Å². The van der Waals surface area contributed by atoms with Crippen LogP contribution in [0.5, 0.6) is 5.75 Å². The Labute approximate surface area is 179 Å². The second-order valence-corrected chi connectivity index (χ2v) is 7.27. The Hall–Kier alpha value is -4.06. The highest BCUT2D eigenvalue weighted by Crippen LogP contribution is 2.31.